The summed E-state index contributed by atoms with van der Waals surface area (Å²) in [5.74, 6) is 0.668. The third-order valence-corrected chi connectivity index (χ3v) is 5.14. The van der Waals surface area contributed by atoms with Gasteiger partial charge in [-0.05, 0) is 70.9 Å². The van der Waals surface area contributed by atoms with Gasteiger partial charge in [-0.1, -0.05) is 30.3 Å². The second-order valence-electron chi connectivity index (χ2n) is 6.04. The Balaban J connectivity index is 1.99. The van der Waals surface area contributed by atoms with Crippen LogP contribution in [0, 0.1) is 6.92 Å². The number of halogens is 3. The van der Waals surface area contributed by atoms with Gasteiger partial charge in [-0.3, -0.25) is 0 Å². The van der Waals surface area contributed by atoms with E-state index in [1.807, 2.05) is 37.3 Å². The number of aromatic nitrogens is 3. The molecule has 1 N–H and O–H groups in total. The highest BCUT2D eigenvalue weighted by molar-refractivity contribution is 9.10. The molecule has 2 aromatic heterocycles. The third-order valence-electron chi connectivity index (χ3n) is 4.16. The lowest BCUT2D eigenvalue weighted by atomic mass is 10.1. The van der Waals surface area contributed by atoms with Gasteiger partial charge in [0, 0.05) is 6.54 Å². The molecule has 25 heavy (non-hydrogen) atoms. The van der Waals surface area contributed by atoms with Crippen molar-refractivity contribution in [2.75, 3.05) is 5.32 Å². The van der Waals surface area contributed by atoms with Crippen molar-refractivity contribution in [3.8, 4) is 0 Å². The van der Waals surface area contributed by atoms with E-state index in [1.165, 1.54) is 0 Å². The van der Waals surface area contributed by atoms with E-state index in [-0.39, 0.29) is 5.28 Å². The van der Waals surface area contributed by atoms with Crippen molar-refractivity contribution >= 4 is 38.9 Å². The summed E-state index contributed by atoms with van der Waals surface area (Å²) in [6.45, 7) is 4.20. The Morgan fingerprint density at radius 1 is 1.32 bits per heavy atom. The van der Waals surface area contributed by atoms with Crippen LogP contribution in [0.2, 0.25) is 5.28 Å². The van der Waals surface area contributed by atoms with E-state index in [4.69, 9.17) is 11.6 Å². The number of anilines is 1. The van der Waals surface area contributed by atoms with Gasteiger partial charge in [0.1, 0.15) is 10.1 Å². The van der Waals surface area contributed by atoms with Crippen molar-refractivity contribution in [1.29, 1.82) is 0 Å². The fourth-order valence-corrected chi connectivity index (χ4v) is 3.76. The third kappa shape index (κ3) is 3.96. The summed E-state index contributed by atoms with van der Waals surface area (Å²) in [5, 5.41) is 7.79. The first-order valence-corrected chi connectivity index (χ1v) is 9.29. The molecule has 1 unspecified atom stereocenters. The van der Waals surface area contributed by atoms with Crippen molar-refractivity contribution in [3.05, 3.63) is 56.9 Å². The predicted octanol–water partition coefficient (Wildman–Crippen LogP) is 5.36. The van der Waals surface area contributed by atoms with Gasteiger partial charge in [-0.15, -0.1) is 5.10 Å². The topological polar surface area (TPSA) is 42.2 Å². The normalized spacial score (nSPS) is 12.5. The fourth-order valence-electron chi connectivity index (χ4n) is 2.84. The number of aryl methyl sites for hydroxylation is 1. The van der Waals surface area contributed by atoms with E-state index in [9.17, 15) is 4.39 Å². The van der Waals surface area contributed by atoms with Gasteiger partial charge >= 0.3 is 0 Å². The maximum Gasteiger partial charge on any atom is 0.243 e. The monoisotopic (exact) mass is 424 g/mol. The molecule has 4 nitrogen and oxygen atoms in total. The molecule has 0 aliphatic heterocycles. The van der Waals surface area contributed by atoms with Crippen LogP contribution < -0.4 is 5.32 Å². The predicted molar refractivity (Wildman–Crippen MR) is 103 cm³/mol. The van der Waals surface area contributed by atoms with E-state index in [1.54, 1.807) is 11.4 Å². The first-order chi connectivity index (χ1) is 12.0. The van der Waals surface area contributed by atoms with Gasteiger partial charge in [0.2, 0.25) is 5.28 Å². The molecule has 0 saturated carbocycles. The lowest BCUT2D eigenvalue weighted by molar-refractivity contribution is 0.341. The smallest absolute Gasteiger partial charge is 0.243 e. The van der Waals surface area contributed by atoms with Crippen LogP contribution in [-0.4, -0.2) is 20.8 Å². The van der Waals surface area contributed by atoms with Gasteiger partial charge in [-0.2, -0.15) is 4.98 Å². The van der Waals surface area contributed by atoms with Crippen LogP contribution in [0.5, 0.6) is 0 Å². The summed E-state index contributed by atoms with van der Waals surface area (Å²) < 4.78 is 15.8. The van der Waals surface area contributed by atoms with E-state index < -0.39 is 6.17 Å². The minimum absolute atomic E-state index is 0.157. The minimum Gasteiger partial charge on any atom is -0.364 e. The van der Waals surface area contributed by atoms with E-state index in [2.05, 4.69) is 31.3 Å². The van der Waals surface area contributed by atoms with Crippen LogP contribution >= 0.6 is 27.5 Å². The summed E-state index contributed by atoms with van der Waals surface area (Å²) in [4.78, 5) is 4.35. The SMILES string of the molecule is Cc1c(CCC(C)F)c(Br)n2nc(Cl)nc(NCc3ccccc3)c12. The number of nitrogens with zero attached hydrogens (tertiary/aromatic N) is 3. The molecule has 132 valence electrons. The number of rotatable bonds is 6. The number of hydrogen-bond acceptors (Lipinski definition) is 3. The molecule has 3 aromatic rings. The maximum absolute atomic E-state index is 13.3. The van der Waals surface area contributed by atoms with Gasteiger partial charge in [0.25, 0.3) is 0 Å². The van der Waals surface area contributed by atoms with Crippen molar-refractivity contribution in [1.82, 2.24) is 14.6 Å². The van der Waals surface area contributed by atoms with E-state index in [0.717, 1.165) is 26.8 Å². The second-order valence-corrected chi connectivity index (χ2v) is 7.13. The van der Waals surface area contributed by atoms with Crippen LogP contribution in [0.25, 0.3) is 5.52 Å². The zero-order chi connectivity index (χ0) is 18.0. The molecular weight excluding hydrogens is 407 g/mol. The van der Waals surface area contributed by atoms with E-state index >= 15 is 0 Å². The highest BCUT2D eigenvalue weighted by Crippen LogP contribution is 2.32. The van der Waals surface area contributed by atoms with Crippen molar-refractivity contribution in [2.24, 2.45) is 0 Å². The Morgan fingerprint density at radius 2 is 2.04 bits per heavy atom. The average Bonchev–Trinajstić information content (AvgIpc) is 2.82. The standard InChI is InChI=1S/C18H19BrClFN4/c1-11(21)8-9-14-12(2)15-17(22-10-13-6-4-3-5-7-13)23-18(20)24-25(15)16(14)19/h3-7,11H,8-10H2,1-2H3,(H,22,23,24). The Labute approximate surface area is 159 Å². The number of nitrogens with one attached hydrogen (secondary N) is 1. The quantitative estimate of drug-likeness (QED) is 0.578. The molecule has 1 atom stereocenters. The lowest BCUT2D eigenvalue weighted by Gasteiger charge is -2.09. The van der Waals surface area contributed by atoms with E-state index in [0.29, 0.717) is 25.2 Å². The van der Waals surface area contributed by atoms with Gasteiger partial charge in [0.15, 0.2) is 5.82 Å². The van der Waals surface area contributed by atoms with Gasteiger partial charge < -0.3 is 5.32 Å². The molecule has 0 bridgehead atoms. The summed E-state index contributed by atoms with van der Waals surface area (Å²) in [7, 11) is 0. The summed E-state index contributed by atoms with van der Waals surface area (Å²) >= 11 is 9.68. The molecular formula is C18H19BrClFN4. The molecule has 0 saturated heterocycles. The van der Waals surface area contributed by atoms with Gasteiger partial charge in [0.05, 0.1) is 6.17 Å². The first-order valence-electron chi connectivity index (χ1n) is 8.12. The van der Waals surface area contributed by atoms with Crippen LogP contribution in [0.1, 0.15) is 30.0 Å². The highest BCUT2D eigenvalue weighted by atomic mass is 79.9. The Morgan fingerprint density at radius 3 is 2.72 bits per heavy atom. The molecule has 0 aliphatic rings. The summed E-state index contributed by atoms with van der Waals surface area (Å²) in [6, 6.07) is 10.1. The largest absolute Gasteiger partial charge is 0.364 e. The molecule has 7 heteroatoms. The molecule has 0 radical (unpaired) electrons. The zero-order valence-electron chi connectivity index (χ0n) is 14.1. The molecule has 0 spiro atoms. The summed E-state index contributed by atoms with van der Waals surface area (Å²) in [6.07, 6.45) is 0.243. The van der Waals surface area contributed by atoms with Crippen LogP contribution in [0.15, 0.2) is 34.9 Å². The molecule has 0 fully saturated rings. The van der Waals surface area contributed by atoms with Crippen molar-refractivity contribution in [3.63, 3.8) is 0 Å². The highest BCUT2D eigenvalue weighted by Gasteiger charge is 2.19. The lowest BCUT2D eigenvalue weighted by Crippen LogP contribution is -2.06. The Kier molecular flexibility index (Phi) is 5.59. The fraction of sp³-hybridized carbons (Fsp3) is 0.333. The molecule has 2 heterocycles. The van der Waals surface area contributed by atoms with Crippen molar-refractivity contribution in [2.45, 2.75) is 39.4 Å². The Bertz CT molecular complexity index is 880. The minimum atomic E-state index is -0.848. The number of benzene rings is 1. The molecule has 1 aromatic carbocycles. The average molecular weight is 426 g/mol. The number of fused-ring (bicyclic) bond motifs is 1. The maximum atomic E-state index is 13.3. The summed E-state index contributed by atoms with van der Waals surface area (Å²) in [5.41, 5.74) is 4.06. The first kappa shape index (κ1) is 18.1. The van der Waals surface area contributed by atoms with Crippen LogP contribution in [0.4, 0.5) is 10.2 Å². The zero-order valence-corrected chi connectivity index (χ0v) is 16.4. The molecule has 0 aliphatic carbocycles. The number of alkyl halides is 1. The number of hydrogen-bond donors (Lipinski definition) is 1. The van der Waals surface area contributed by atoms with Crippen LogP contribution in [-0.2, 0) is 13.0 Å². The molecule has 3 rings (SSSR count). The van der Waals surface area contributed by atoms with Gasteiger partial charge in [-0.25, -0.2) is 8.91 Å². The Hall–Kier alpha value is -1.66. The molecule has 0 amide bonds. The second kappa shape index (κ2) is 7.70. The van der Waals surface area contributed by atoms with Crippen LogP contribution in [0.3, 0.4) is 0 Å². The van der Waals surface area contributed by atoms with Crippen molar-refractivity contribution < 1.29 is 4.39 Å².